The van der Waals surface area contributed by atoms with Gasteiger partial charge >= 0.3 is 0 Å². The van der Waals surface area contributed by atoms with Gasteiger partial charge in [0.05, 0.1) is 5.56 Å². The normalized spacial score (nSPS) is 14.8. The van der Waals surface area contributed by atoms with E-state index in [1.807, 2.05) is 6.07 Å². The molecule has 32 heavy (non-hydrogen) atoms. The van der Waals surface area contributed by atoms with Crippen molar-refractivity contribution in [3.63, 3.8) is 0 Å². The number of anilines is 1. The summed E-state index contributed by atoms with van der Waals surface area (Å²) in [5.74, 6) is 1.67. The van der Waals surface area contributed by atoms with E-state index in [9.17, 15) is 9.59 Å². The molecule has 0 saturated heterocycles. The van der Waals surface area contributed by atoms with Crippen LogP contribution in [0, 0.1) is 0 Å². The average molecular weight is 450 g/mol. The van der Waals surface area contributed by atoms with Crippen LogP contribution in [0.4, 0.5) is 5.69 Å². The Bertz CT molecular complexity index is 1270. The molecule has 0 atom stereocenters. The third kappa shape index (κ3) is 4.10. The second-order valence-corrected chi connectivity index (χ2v) is 7.49. The fourth-order valence-electron chi connectivity index (χ4n) is 3.32. The fraction of sp³-hybridized carbons (Fsp3) is 0.0833. The van der Waals surface area contributed by atoms with Gasteiger partial charge < -0.3 is 24.3 Å². The van der Waals surface area contributed by atoms with E-state index >= 15 is 0 Å². The summed E-state index contributed by atoms with van der Waals surface area (Å²) in [7, 11) is 0. The molecular weight excluding hydrogens is 434 g/mol. The maximum Gasteiger partial charge on any atom is 0.262 e. The highest BCUT2D eigenvalue weighted by Gasteiger charge is 2.28. The Hall–Kier alpha value is -3.97. The number of hydrogen-bond donors (Lipinski definition) is 1. The first-order valence-corrected chi connectivity index (χ1v) is 10.1. The topological polar surface area (TPSA) is 83.1 Å². The van der Waals surface area contributed by atoms with Crippen LogP contribution >= 0.6 is 11.6 Å². The number of hydrogen-bond acceptors (Lipinski definition) is 6. The van der Waals surface area contributed by atoms with Gasteiger partial charge in [-0.1, -0.05) is 23.7 Å². The summed E-state index contributed by atoms with van der Waals surface area (Å²) in [5.41, 5.74) is 1.75. The molecule has 0 aliphatic carbocycles. The third-order valence-electron chi connectivity index (χ3n) is 4.81. The van der Waals surface area contributed by atoms with Crippen LogP contribution in [0.5, 0.6) is 23.0 Å². The Morgan fingerprint density at radius 1 is 1.03 bits per heavy atom. The number of Topliss-reactive ketones (excluding diaryl/α,β-unsaturated/α-hetero) is 1. The molecule has 2 aliphatic heterocycles. The van der Waals surface area contributed by atoms with E-state index < -0.39 is 0 Å². The van der Waals surface area contributed by atoms with Crippen molar-refractivity contribution in [2.45, 2.75) is 0 Å². The van der Waals surface area contributed by atoms with Gasteiger partial charge in [-0.05, 0) is 54.1 Å². The molecule has 3 aromatic rings. The number of fused-ring (bicyclic) bond motifs is 2. The maximum absolute atomic E-state index is 12.7. The van der Waals surface area contributed by atoms with Gasteiger partial charge in [-0.15, -0.1) is 0 Å². The first-order valence-electron chi connectivity index (χ1n) is 9.71. The minimum atomic E-state index is -0.340. The van der Waals surface area contributed by atoms with Crippen LogP contribution in [-0.2, 0) is 4.79 Å². The Morgan fingerprint density at radius 2 is 1.91 bits per heavy atom. The van der Waals surface area contributed by atoms with Crippen molar-refractivity contribution in [1.29, 1.82) is 0 Å². The van der Waals surface area contributed by atoms with Crippen LogP contribution in [0.1, 0.15) is 15.9 Å². The SMILES string of the molecule is O=C(COc1ccc2c(c1)OC(=Cc1ccc3c(c1)OCO3)C2=O)Nc1cccc(Cl)c1. The number of carbonyl (C=O) groups excluding carboxylic acids is 2. The molecule has 3 aromatic carbocycles. The van der Waals surface area contributed by atoms with Crippen molar-refractivity contribution in [3.05, 3.63) is 82.6 Å². The van der Waals surface area contributed by atoms with E-state index in [4.69, 9.17) is 30.5 Å². The van der Waals surface area contributed by atoms with Crippen molar-refractivity contribution < 1.29 is 28.5 Å². The number of amides is 1. The molecule has 0 aromatic heterocycles. The second kappa shape index (κ2) is 8.28. The minimum absolute atomic E-state index is 0.177. The molecule has 0 saturated carbocycles. The standard InChI is InChI=1S/C24H16ClNO6/c25-15-2-1-3-16(10-15)26-23(27)12-29-17-5-6-18-20(11-17)32-22(24(18)28)9-14-4-7-19-21(8-14)31-13-30-19/h1-11H,12-13H2,(H,26,27). The van der Waals surface area contributed by atoms with Gasteiger partial charge in [-0.2, -0.15) is 0 Å². The maximum atomic E-state index is 12.7. The largest absolute Gasteiger partial charge is 0.484 e. The molecule has 2 heterocycles. The van der Waals surface area contributed by atoms with Gasteiger partial charge in [0, 0.05) is 16.8 Å². The monoisotopic (exact) mass is 449 g/mol. The summed E-state index contributed by atoms with van der Waals surface area (Å²) in [6.45, 7) is -0.0325. The number of benzene rings is 3. The molecule has 0 unspecified atom stereocenters. The predicted molar refractivity (Wildman–Crippen MR) is 118 cm³/mol. The molecule has 0 radical (unpaired) electrons. The lowest BCUT2D eigenvalue weighted by atomic mass is 10.1. The predicted octanol–water partition coefficient (Wildman–Crippen LogP) is 4.70. The zero-order valence-electron chi connectivity index (χ0n) is 16.6. The van der Waals surface area contributed by atoms with E-state index in [1.165, 1.54) is 0 Å². The smallest absolute Gasteiger partial charge is 0.262 e. The molecule has 0 fully saturated rings. The van der Waals surface area contributed by atoms with Crippen molar-refractivity contribution >= 4 is 35.1 Å². The number of ketones is 1. The van der Waals surface area contributed by atoms with Crippen molar-refractivity contribution in [1.82, 2.24) is 0 Å². The van der Waals surface area contributed by atoms with Gasteiger partial charge in [0.2, 0.25) is 12.6 Å². The van der Waals surface area contributed by atoms with Crippen molar-refractivity contribution in [3.8, 4) is 23.0 Å². The second-order valence-electron chi connectivity index (χ2n) is 7.06. The number of rotatable bonds is 5. The zero-order valence-corrected chi connectivity index (χ0v) is 17.3. The molecular formula is C24H16ClNO6. The summed E-state index contributed by atoms with van der Waals surface area (Å²) >= 11 is 5.91. The van der Waals surface area contributed by atoms with E-state index in [-0.39, 0.29) is 30.8 Å². The van der Waals surface area contributed by atoms with Crippen LogP contribution in [0.3, 0.4) is 0 Å². The average Bonchev–Trinajstić information content (AvgIpc) is 3.36. The van der Waals surface area contributed by atoms with Gasteiger partial charge in [0.1, 0.15) is 11.5 Å². The van der Waals surface area contributed by atoms with Gasteiger partial charge in [-0.25, -0.2) is 0 Å². The lowest BCUT2D eigenvalue weighted by Gasteiger charge is -2.08. The molecule has 160 valence electrons. The van der Waals surface area contributed by atoms with Crippen LogP contribution in [-0.4, -0.2) is 25.1 Å². The third-order valence-corrected chi connectivity index (χ3v) is 5.05. The highest BCUT2D eigenvalue weighted by Crippen LogP contribution is 2.37. The van der Waals surface area contributed by atoms with E-state index in [0.29, 0.717) is 39.3 Å². The summed E-state index contributed by atoms with van der Waals surface area (Å²) in [4.78, 5) is 24.8. The Labute approximate surface area is 188 Å². The van der Waals surface area contributed by atoms with Crippen LogP contribution in [0.25, 0.3) is 6.08 Å². The van der Waals surface area contributed by atoms with E-state index in [1.54, 1.807) is 60.7 Å². The summed E-state index contributed by atoms with van der Waals surface area (Å²) in [5, 5.41) is 3.22. The fourth-order valence-corrected chi connectivity index (χ4v) is 3.51. The van der Waals surface area contributed by atoms with Crippen LogP contribution < -0.4 is 24.3 Å². The molecule has 0 bridgehead atoms. The Balaban J connectivity index is 1.25. The van der Waals surface area contributed by atoms with Gasteiger partial charge in [0.15, 0.2) is 23.9 Å². The molecule has 8 heteroatoms. The molecule has 0 spiro atoms. The first-order chi connectivity index (χ1) is 15.5. The van der Waals surface area contributed by atoms with E-state index in [0.717, 1.165) is 5.56 Å². The molecule has 5 rings (SSSR count). The zero-order chi connectivity index (χ0) is 22.1. The highest BCUT2D eigenvalue weighted by molar-refractivity contribution is 6.30. The number of ether oxygens (including phenoxy) is 4. The van der Waals surface area contributed by atoms with Crippen molar-refractivity contribution in [2.75, 3.05) is 18.7 Å². The number of allylic oxidation sites excluding steroid dienone is 1. The molecule has 7 nitrogen and oxygen atoms in total. The number of nitrogens with one attached hydrogen (secondary N) is 1. The summed E-state index contributed by atoms with van der Waals surface area (Å²) in [6, 6.07) is 17.0. The summed E-state index contributed by atoms with van der Waals surface area (Å²) in [6.07, 6.45) is 1.64. The first kappa shape index (κ1) is 20.0. The van der Waals surface area contributed by atoms with Gasteiger partial charge in [0.25, 0.3) is 5.91 Å². The van der Waals surface area contributed by atoms with Gasteiger partial charge in [-0.3, -0.25) is 9.59 Å². The molecule has 1 N–H and O–H groups in total. The lowest BCUT2D eigenvalue weighted by molar-refractivity contribution is -0.118. The summed E-state index contributed by atoms with van der Waals surface area (Å²) < 4.78 is 22.0. The van der Waals surface area contributed by atoms with E-state index in [2.05, 4.69) is 5.32 Å². The number of carbonyl (C=O) groups is 2. The quantitative estimate of drug-likeness (QED) is 0.568. The van der Waals surface area contributed by atoms with Crippen molar-refractivity contribution in [2.24, 2.45) is 0 Å². The van der Waals surface area contributed by atoms with Crippen LogP contribution in [0.15, 0.2) is 66.4 Å². The number of halogens is 1. The Kier molecular flexibility index (Phi) is 5.17. The van der Waals surface area contributed by atoms with Crippen LogP contribution in [0.2, 0.25) is 5.02 Å². The molecule has 1 amide bonds. The lowest BCUT2D eigenvalue weighted by Crippen LogP contribution is -2.20. The Morgan fingerprint density at radius 3 is 2.78 bits per heavy atom. The minimum Gasteiger partial charge on any atom is -0.484 e. The molecule has 2 aliphatic rings. The highest BCUT2D eigenvalue weighted by atomic mass is 35.5.